The van der Waals surface area contributed by atoms with Crippen molar-refractivity contribution in [3.8, 4) is 0 Å². The molecule has 0 aliphatic carbocycles. The van der Waals surface area contributed by atoms with Crippen LogP contribution in [0, 0.1) is 0 Å². The monoisotopic (exact) mass is 480 g/mol. The first-order valence-corrected chi connectivity index (χ1v) is 13.3. The lowest BCUT2D eigenvalue weighted by Gasteiger charge is -2.05. The van der Waals surface area contributed by atoms with E-state index in [9.17, 15) is 0 Å². The smallest absolute Gasteiger partial charge is 0.0583 e. The summed E-state index contributed by atoms with van der Waals surface area (Å²) in [5.74, 6) is 0. The van der Waals surface area contributed by atoms with E-state index in [4.69, 9.17) is 0 Å². The molecule has 0 aliphatic rings. The number of rotatable bonds is 2. The number of hydrogen-bond donors (Lipinski definition) is 0. The normalized spacial score (nSPS) is 12.3. The van der Waals surface area contributed by atoms with Gasteiger partial charge in [0, 0.05) is 72.4 Å². The average molecular weight is 481 g/mol. The molecule has 0 saturated carbocycles. The summed E-state index contributed by atoms with van der Waals surface area (Å²) in [6, 6.07) is 36.1. The van der Waals surface area contributed by atoms with Crippen LogP contribution in [0.2, 0.25) is 0 Å². The van der Waals surface area contributed by atoms with Crippen LogP contribution in [-0.2, 0) is 20.5 Å². The van der Waals surface area contributed by atoms with Crippen LogP contribution in [0.3, 0.4) is 0 Å². The van der Waals surface area contributed by atoms with Gasteiger partial charge in [0.25, 0.3) is 0 Å². The Morgan fingerprint density at radius 2 is 1.17 bits per heavy atom. The molecular weight excluding hydrogens is 456 g/mol. The Balaban J connectivity index is 1.30. The van der Waals surface area contributed by atoms with Crippen LogP contribution in [0.25, 0.3) is 63.8 Å². The van der Waals surface area contributed by atoms with Crippen LogP contribution in [0.15, 0.2) is 97.1 Å². The Bertz CT molecular complexity index is 2150. The Hall–Kier alpha value is -4.08. The van der Waals surface area contributed by atoms with Crippen LogP contribution in [-0.4, -0.2) is 9.13 Å². The van der Waals surface area contributed by atoms with Crippen molar-refractivity contribution in [1.29, 1.82) is 0 Å². The highest BCUT2D eigenvalue weighted by atomic mass is 32.1. The number of nitrogens with zero attached hydrogens (tertiary/aromatic N) is 2. The molecule has 0 N–H and O–H groups in total. The number of hydrogen-bond acceptors (Lipinski definition) is 1. The molecule has 0 saturated heterocycles. The van der Waals surface area contributed by atoms with E-state index >= 15 is 0 Å². The SMILES string of the molecule is Cn1c2ccccc2c2cc(Cc3ccc4c(c3)c3ccc5sc6ccccc6c5c3n4C)ccc21. The van der Waals surface area contributed by atoms with Gasteiger partial charge in [-0.1, -0.05) is 54.6 Å². The fourth-order valence-corrected chi connectivity index (χ4v) is 7.36. The molecule has 0 spiro atoms. The molecule has 0 fully saturated rings. The van der Waals surface area contributed by atoms with Gasteiger partial charge in [0.05, 0.1) is 5.52 Å². The molecule has 3 aromatic heterocycles. The number of aromatic nitrogens is 2. The summed E-state index contributed by atoms with van der Waals surface area (Å²) in [7, 11) is 4.37. The van der Waals surface area contributed by atoms with Crippen molar-refractivity contribution >= 4 is 75.1 Å². The number of benzene rings is 5. The Morgan fingerprint density at radius 3 is 1.97 bits per heavy atom. The Labute approximate surface area is 212 Å². The van der Waals surface area contributed by atoms with Crippen molar-refractivity contribution in [3.63, 3.8) is 0 Å². The van der Waals surface area contributed by atoms with E-state index in [1.165, 1.54) is 74.9 Å². The summed E-state index contributed by atoms with van der Waals surface area (Å²) < 4.78 is 7.40. The lowest BCUT2D eigenvalue weighted by atomic mass is 10.0. The van der Waals surface area contributed by atoms with Crippen LogP contribution in [0.1, 0.15) is 11.1 Å². The zero-order valence-electron chi connectivity index (χ0n) is 20.2. The molecule has 0 atom stereocenters. The summed E-state index contributed by atoms with van der Waals surface area (Å²) in [4.78, 5) is 0. The van der Waals surface area contributed by atoms with Crippen molar-refractivity contribution in [3.05, 3.63) is 108 Å². The summed E-state index contributed by atoms with van der Waals surface area (Å²) >= 11 is 1.89. The molecule has 0 unspecified atom stereocenters. The van der Waals surface area contributed by atoms with Gasteiger partial charge in [-0.2, -0.15) is 0 Å². The first-order chi connectivity index (χ1) is 17.7. The summed E-state index contributed by atoms with van der Waals surface area (Å²) in [5.41, 5.74) is 7.91. The number of para-hydroxylation sites is 1. The van der Waals surface area contributed by atoms with Gasteiger partial charge in [0.1, 0.15) is 0 Å². The van der Waals surface area contributed by atoms with Gasteiger partial charge in [-0.15, -0.1) is 11.3 Å². The minimum atomic E-state index is 0.926. The van der Waals surface area contributed by atoms with E-state index in [0.29, 0.717) is 0 Å². The molecular formula is C33H24N2S. The predicted molar refractivity (Wildman–Crippen MR) is 157 cm³/mol. The molecule has 2 nitrogen and oxygen atoms in total. The number of thiophene rings is 1. The minimum Gasteiger partial charge on any atom is -0.344 e. The minimum absolute atomic E-state index is 0.926. The molecule has 0 bridgehead atoms. The van der Waals surface area contributed by atoms with E-state index in [-0.39, 0.29) is 0 Å². The topological polar surface area (TPSA) is 9.86 Å². The third kappa shape index (κ3) is 2.66. The van der Waals surface area contributed by atoms with E-state index in [1.54, 1.807) is 0 Å². The fraction of sp³-hybridized carbons (Fsp3) is 0.0909. The molecule has 8 rings (SSSR count). The van der Waals surface area contributed by atoms with E-state index in [0.717, 1.165) is 6.42 Å². The van der Waals surface area contributed by atoms with Gasteiger partial charge < -0.3 is 9.13 Å². The van der Waals surface area contributed by atoms with Crippen LogP contribution < -0.4 is 0 Å². The van der Waals surface area contributed by atoms with E-state index in [1.807, 2.05) is 11.3 Å². The zero-order chi connectivity index (χ0) is 24.0. The van der Waals surface area contributed by atoms with Gasteiger partial charge >= 0.3 is 0 Å². The van der Waals surface area contributed by atoms with Crippen LogP contribution in [0.5, 0.6) is 0 Å². The van der Waals surface area contributed by atoms with Gasteiger partial charge in [-0.05, 0) is 60.0 Å². The molecule has 3 heteroatoms. The maximum Gasteiger partial charge on any atom is 0.0583 e. The second kappa shape index (κ2) is 7.22. The quantitative estimate of drug-likeness (QED) is 0.234. The summed E-state index contributed by atoms with van der Waals surface area (Å²) in [5, 5.41) is 8.09. The van der Waals surface area contributed by atoms with Crippen molar-refractivity contribution in [2.24, 2.45) is 14.1 Å². The van der Waals surface area contributed by atoms with Crippen molar-refractivity contribution < 1.29 is 0 Å². The van der Waals surface area contributed by atoms with Crippen molar-refractivity contribution in [2.75, 3.05) is 0 Å². The highest BCUT2D eigenvalue weighted by molar-refractivity contribution is 7.26. The van der Waals surface area contributed by atoms with Crippen LogP contribution >= 0.6 is 11.3 Å². The van der Waals surface area contributed by atoms with Gasteiger partial charge in [-0.25, -0.2) is 0 Å². The lowest BCUT2D eigenvalue weighted by molar-refractivity contribution is 1.01. The first kappa shape index (κ1) is 20.1. The molecule has 36 heavy (non-hydrogen) atoms. The number of fused-ring (bicyclic) bond motifs is 10. The maximum absolute atomic E-state index is 2.41. The van der Waals surface area contributed by atoms with Gasteiger partial charge in [-0.3, -0.25) is 0 Å². The second-order valence-electron chi connectivity index (χ2n) is 9.95. The molecule has 0 radical (unpaired) electrons. The van der Waals surface area contributed by atoms with Crippen LogP contribution in [0.4, 0.5) is 0 Å². The average Bonchev–Trinajstić information content (AvgIpc) is 3.52. The zero-order valence-corrected chi connectivity index (χ0v) is 21.1. The first-order valence-electron chi connectivity index (χ1n) is 12.4. The Kier molecular flexibility index (Phi) is 4.04. The Morgan fingerprint density at radius 1 is 0.528 bits per heavy atom. The standard InChI is InChI=1S/C33H24N2S/c1-34-27-9-5-3-7-22(27)25-18-20(11-14-28(25)34)17-21-12-15-29-26(19-21)23-13-16-31-32(33(23)35(29)2)24-8-4-6-10-30(24)36-31/h3-16,18-19H,17H2,1-2H3. The molecule has 8 aromatic rings. The van der Waals surface area contributed by atoms with Crippen molar-refractivity contribution in [1.82, 2.24) is 9.13 Å². The molecule has 5 aromatic carbocycles. The fourth-order valence-electron chi connectivity index (χ4n) is 6.25. The molecule has 172 valence electrons. The van der Waals surface area contributed by atoms with Gasteiger partial charge in [0.2, 0.25) is 0 Å². The maximum atomic E-state index is 2.41. The van der Waals surface area contributed by atoms with E-state index < -0.39 is 0 Å². The highest BCUT2D eigenvalue weighted by Gasteiger charge is 2.16. The van der Waals surface area contributed by atoms with Crippen molar-refractivity contribution in [2.45, 2.75) is 6.42 Å². The largest absolute Gasteiger partial charge is 0.344 e. The second-order valence-corrected chi connectivity index (χ2v) is 11.0. The third-order valence-electron chi connectivity index (χ3n) is 7.95. The van der Waals surface area contributed by atoms with Gasteiger partial charge in [0.15, 0.2) is 0 Å². The third-order valence-corrected chi connectivity index (χ3v) is 9.09. The molecule has 0 amide bonds. The molecule has 0 aliphatic heterocycles. The summed E-state index contributed by atoms with van der Waals surface area (Å²) in [6.45, 7) is 0. The highest BCUT2D eigenvalue weighted by Crippen LogP contribution is 2.41. The summed E-state index contributed by atoms with van der Waals surface area (Å²) in [6.07, 6.45) is 0.926. The molecule has 3 heterocycles. The lowest BCUT2D eigenvalue weighted by Crippen LogP contribution is -1.91. The van der Waals surface area contributed by atoms with E-state index in [2.05, 4.69) is 120 Å². The number of aryl methyl sites for hydroxylation is 2. The predicted octanol–water partition coefficient (Wildman–Crippen LogP) is 8.94.